The Bertz CT molecular complexity index is 372. The zero-order chi connectivity index (χ0) is 12.8. The number of anilines is 1. The monoisotopic (exact) mass is 239 g/mol. The van der Waals surface area contributed by atoms with Crippen molar-refractivity contribution in [2.75, 3.05) is 11.9 Å². The number of nitrogens with zero attached hydrogens (tertiary/aromatic N) is 2. The van der Waals surface area contributed by atoms with Crippen LogP contribution in [0.3, 0.4) is 0 Å². The smallest absolute Gasteiger partial charge is 0.224 e. The van der Waals surface area contributed by atoms with Crippen molar-refractivity contribution in [1.29, 1.82) is 0 Å². The molecule has 5 heteroatoms. The van der Waals surface area contributed by atoms with Crippen LogP contribution in [-0.4, -0.2) is 27.4 Å². The van der Waals surface area contributed by atoms with Crippen molar-refractivity contribution in [3.63, 3.8) is 0 Å². The van der Waals surface area contributed by atoms with Gasteiger partial charge in [0.1, 0.15) is 0 Å². The van der Waals surface area contributed by atoms with Crippen molar-refractivity contribution in [3.05, 3.63) is 11.9 Å². The molecule has 0 saturated carbocycles. The van der Waals surface area contributed by atoms with Gasteiger partial charge in [-0.15, -0.1) is 0 Å². The molecular formula is C12H21N3O2. The summed E-state index contributed by atoms with van der Waals surface area (Å²) in [6.45, 7) is 4.23. The van der Waals surface area contributed by atoms with Gasteiger partial charge in [0.15, 0.2) is 0 Å². The Morgan fingerprint density at radius 2 is 2.24 bits per heavy atom. The highest BCUT2D eigenvalue weighted by Crippen LogP contribution is 2.22. The lowest BCUT2D eigenvalue weighted by Gasteiger charge is -2.06. The Kier molecular flexibility index (Phi) is 5.15. The minimum atomic E-state index is -0.0200. The summed E-state index contributed by atoms with van der Waals surface area (Å²) in [6.07, 6.45) is 3.63. The lowest BCUT2D eigenvalue weighted by atomic mass is 10.1. The zero-order valence-electron chi connectivity index (χ0n) is 10.7. The van der Waals surface area contributed by atoms with Crippen LogP contribution in [-0.2, 0) is 11.8 Å². The molecule has 0 unspecified atom stereocenters. The van der Waals surface area contributed by atoms with E-state index in [9.17, 15) is 4.79 Å². The summed E-state index contributed by atoms with van der Waals surface area (Å²) in [7, 11) is 1.84. The molecule has 0 aromatic carbocycles. The first kappa shape index (κ1) is 13.7. The van der Waals surface area contributed by atoms with E-state index < -0.39 is 0 Å². The second kappa shape index (κ2) is 6.39. The van der Waals surface area contributed by atoms with Crippen LogP contribution in [0.25, 0.3) is 0 Å². The van der Waals surface area contributed by atoms with Crippen molar-refractivity contribution in [3.8, 4) is 0 Å². The average Bonchev–Trinajstić information content (AvgIpc) is 2.60. The first-order chi connectivity index (χ1) is 8.04. The molecule has 0 aliphatic heterocycles. The van der Waals surface area contributed by atoms with E-state index in [-0.39, 0.29) is 18.4 Å². The van der Waals surface area contributed by atoms with Gasteiger partial charge in [-0.25, -0.2) is 0 Å². The van der Waals surface area contributed by atoms with E-state index in [1.807, 2.05) is 27.1 Å². The van der Waals surface area contributed by atoms with Gasteiger partial charge in [-0.05, 0) is 18.8 Å². The second-order valence-corrected chi connectivity index (χ2v) is 4.49. The van der Waals surface area contributed by atoms with Crippen molar-refractivity contribution in [1.82, 2.24) is 9.78 Å². The number of aliphatic hydroxyl groups excluding tert-OH is 1. The third-order valence-corrected chi connectivity index (χ3v) is 2.49. The summed E-state index contributed by atoms with van der Waals surface area (Å²) in [5.41, 5.74) is 1.69. The molecule has 2 N–H and O–H groups in total. The van der Waals surface area contributed by atoms with E-state index in [4.69, 9.17) is 5.11 Å². The van der Waals surface area contributed by atoms with Crippen molar-refractivity contribution in [2.24, 2.45) is 7.05 Å². The molecule has 1 rings (SSSR count). The van der Waals surface area contributed by atoms with Gasteiger partial charge in [0, 0.05) is 26.3 Å². The third-order valence-electron chi connectivity index (χ3n) is 2.49. The SMILES string of the molecule is CC(C)c1nn(C)cc1NC(=O)CCCCO. The van der Waals surface area contributed by atoms with Gasteiger partial charge in [-0.3, -0.25) is 9.48 Å². The Morgan fingerprint density at radius 1 is 1.53 bits per heavy atom. The molecule has 0 aliphatic carbocycles. The van der Waals surface area contributed by atoms with Crippen molar-refractivity contribution >= 4 is 11.6 Å². The molecule has 0 bridgehead atoms. The fourth-order valence-corrected chi connectivity index (χ4v) is 1.64. The van der Waals surface area contributed by atoms with Gasteiger partial charge in [0.05, 0.1) is 11.4 Å². The molecule has 0 spiro atoms. The van der Waals surface area contributed by atoms with Gasteiger partial charge in [0.25, 0.3) is 0 Å². The molecule has 1 heterocycles. The van der Waals surface area contributed by atoms with Gasteiger partial charge >= 0.3 is 0 Å². The van der Waals surface area contributed by atoms with Crippen molar-refractivity contribution < 1.29 is 9.90 Å². The molecule has 0 saturated heterocycles. The topological polar surface area (TPSA) is 67.2 Å². The number of aliphatic hydroxyl groups is 1. The summed E-state index contributed by atoms with van der Waals surface area (Å²) in [6, 6.07) is 0. The standard InChI is InChI=1S/C12H21N3O2/c1-9(2)12-10(8-15(3)14-12)13-11(17)6-4-5-7-16/h8-9,16H,4-7H2,1-3H3,(H,13,17). The molecule has 0 aliphatic rings. The molecule has 0 atom stereocenters. The summed E-state index contributed by atoms with van der Waals surface area (Å²) in [5.74, 6) is 0.261. The molecule has 0 fully saturated rings. The molecule has 1 amide bonds. The van der Waals surface area contributed by atoms with Gasteiger partial charge in [0.2, 0.25) is 5.91 Å². The van der Waals surface area contributed by atoms with E-state index in [2.05, 4.69) is 10.4 Å². The van der Waals surface area contributed by atoms with Crippen LogP contribution in [0.1, 0.15) is 44.7 Å². The Hall–Kier alpha value is -1.36. The van der Waals surface area contributed by atoms with E-state index in [1.165, 1.54) is 0 Å². The number of aryl methyl sites for hydroxylation is 1. The summed E-state index contributed by atoms with van der Waals surface area (Å²) in [4.78, 5) is 11.6. The number of nitrogens with one attached hydrogen (secondary N) is 1. The third kappa shape index (κ3) is 4.19. The van der Waals surface area contributed by atoms with Crippen LogP contribution in [0, 0.1) is 0 Å². The van der Waals surface area contributed by atoms with Gasteiger partial charge in [-0.1, -0.05) is 13.8 Å². The summed E-state index contributed by atoms with van der Waals surface area (Å²) >= 11 is 0. The van der Waals surface area contributed by atoms with Gasteiger partial charge < -0.3 is 10.4 Å². The fourth-order valence-electron chi connectivity index (χ4n) is 1.64. The molecule has 5 nitrogen and oxygen atoms in total. The normalized spacial score (nSPS) is 10.9. The number of rotatable bonds is 6. The van der Waals surface area contributed by atoms with Crippen LogP contribution in [0.15, 0.2) is 6.20 Å². The molecular weight excluding hydrogens is 218 g/mol. The minimum absolute atomic E-state index is 0.0200. The first-order valence-corrected chi connectivity index (χ1v) is 5.98. The predicted molar refractivity (Wildman–Crippen MR) is 66.9 cm³/mol. The highest BCUT2D eigenvalue weighted by molar-refractivity contribution is 5.91. The maximum absolute atomic E-state index is 11.6. The van der Waals surface area contributed by atoms with Crippen molar-refractivity contribution in [2.45, 2.75) is 39.0 Å². The van der Waals surface area contributed by atoms with Crippen LogP contribution in [0.2, 0.25) is 0 Å². The summed E-state index contributed by atoms with van der Waals surface area (Å²) in [5, 5.41) is 15.8. The number of hydrogen-bond acceptors (Lipinski definition) is 3. The number of carbonyl (C=O) groups is 1. The zero-order valence-corrected chi connectivity index (χ0v) is 10.7. The lowest BCUT2D eigenvalue weighted by molar-refractivity contribution is -0.116. The van der Waals surface area contributed by atoms with Gasteiger partial charge in [-0.2, -0.15) is 5.10 Å². The largest absolute Gasteiger partial charge is 0.396 e. The molecule has 17 heavy (non-hydrogen) atoms. The minimum Gasteiger partial charge on any atom is -0.396 e. The first-order valence-electron chi connectivity index (χ1n) is 5.98. The fraction of sp³-hybridized carbons (Fsp3) is 0.667. The summed E-state index contributed by atoms with van der Waals surface area (Å²) < 4.78 is 1.71. The van der Waals surface area contributed by atoms with E-state index in [1.54, 1.807) is 4.68 Å². The number of unbranched alkanes of at least 4 members (excludes halogenated alkanes) is 1. The quantitative estimate of drug-likeness (QED) is 0.742. The van der Waals surface area contributed by atoms with E-state index in [0.29, 0.717) is 19.3 Å². The lowest BCUT2D eigenvalue weighted by Crippen LogP contribution is -2.12. The Morgan fingerprint density at radius 3 is 2.82 bits per heavy atom. The van der Waals surface area contributed by atoms with E-state index in [0.717, 1.165) is 11.4 Å². The highest BCUT2D eigenvalue weighted by Gasteiger charge is 2.13. The molecule has 1 aromatic heterocycles. The van der Waals surface area contributed by atoms with E-state index >= 15 is 0 Å². The average molecular weight is 239 g/mol. The van der Waals surface area contributed by atoms with Crippen LogP contribution < -0.4 is 5.32 Å². The number of carbonyl (C=O) groups excluding carboxylic acids is 1. The van der Waals surface area contributed by atoms with Crippen LogP contribution >= 0.6 is 0 Å². The number of amides is 1. The maximum atomic E-state index is 11.6. The molecule has 1 aromatic rings. The molecule has 96 valence electrons. The number of aromatic nitrogens is 2. The second-order valence-electron chi connectivity index (χ2n) is 4.49. The molecule has 0 radical (unpaired) electrons. The Balaban J connectivity index is 2.58. The number of hydrogen-bond donors (Lipinski definition) is 2. The van der Waals surface area contributed by atoms with Crippen LogP contribution in [0.4, 0.5) is 5.69 Å². The maximum Gasteiger partial charge on any atom is 0.224 e. The highest BCUT2D eigenvalue weighted by atomic mass is 16.2. The van der Waals surface area contributed by atoms with Crippen LogP contribution in [0.5, 0.6) is 0 Å². The predicted octanol–water partition coefficient (Wildman–Crippen LogP) is 1.64. The Labute approximate surface area is 102 Å².